The van der Waals surface area contributed by atoms with Crippen LogP contribution in [0.2, 0.25) is 0 Å². The minimum atomic E-state index is 1.27. The number of nitrogens with zero attached hydrogens (tertiary/aromatic N) is 1. The molecule has 0 saturated carbocycles. The molecule has 0 amide bonds. The Labute approximate surface area is 114 Å². The number of fused-ring (bicyclic) bond motifs is 1. The van der Waals surface area contributed by atoms with Crippen molar-refractivity contribution in [2.45, 2.75) is 13.8 Å². The van der Waals surface area contributed by atoms with E-state index in [0.717, 1.165) is 0 Å². The third kappa shape index (κ3) is 1.91. The van der Waals surface area contributed by atoms with Gasteiger partial charge in [-0.3, -0.25) is 0 Å². The Balaban J connectivity index is 2.46. The molecule has 1 heteroatoms. The molecule has 0 atom stereocenters. The van der Waals surface area contributed by atoms with Crippen molar-refractivity contribution in [1.82, 2.24) is 0 Å². The van der Waals surface area contributed by atoms with Crippen molar-refractivity contribution in [2.75, 3.05) is 0 Å². The van der Waals surface area contributed by atoms with Gasteiger partial charge >= 0.3 is 0 Å². The minimum absolute atomic E-state index is 1.27. The van der Waals surface area contributed by atoms with Crippen LogP contribution in [0.5, 0.6) is 0 Å². The zero-order valence-corrected chi connectivity index (χ0v) is 11.6. The highest BCUT2D eigenvalue weighted by Gasteiger charge is 2.18. The highest BCUT2D eigenvalue weighted by atomic mass is 14.9. The van der Waals surface area contributed by atoms with Gasteiger partial charge in [0.15, 0.2) is 5.69 Å². The Morgan fingerprint density at radius 1 is 0.842 bits per heavy atom. The molecule has 19 heavy (non-hydrogen) atoms. The van der Waals surface area contributed by atoms with Crippen molar-refractivity contribution < 1.29 is 4.57 Å². The molecule has 1 nitrogen and oxygen atoms in total. The lowest BCUT2D eigenvalue weighted by Gasteiger charge is -2.09. The molecule has 0 radical (unpaired) electrons. The number of aryl methyl sites for hydroxylation is 2. The lowest BCUT2D eigenvalue weighted by atomic mass is 9.99. The van der Waals surface area contributed by atoms with Crippen molar-refractivity contribution in [1.29, 1.82) is 0 Å². The molecular weight excluding hydrogens is 230 g/mol. The molecule has 3 aromatic rings. The predicted molar refractivity (Wildman–Crippen MR) is 80.0 cm³/mol. The first-order valence-electron chi connectivity index (χ1n) is 6.63. The molecule has 0 bridgehead atoms. The molecule has 2 aromatic carbocycles. The van der Waals surface area contributed by atoms with Gasteiger partial charge in [-0.2, -0.15) is 4.57 Å². The molecule has 0 N–H and O–H groups in total. The fourth-order valence-electron chi connectivity index (χ4n) is 2.68. The number of hydrogen-bond donors (Lipinski definition) is 0. The van der Waals surface area contributed by atoms with E-state index in [-0.39, 0.29) is 0 Å². The van der Waals surface area contributed by atoms with E-state index in [9.17, 15) is 0 Å². The Morgan fingerprint density at radius 3 is 2.32 bits per heavy atom. The molecule has 1 aromatic heterocycles. The van der Waals surface area contributed by atoms with Gasteiger partial charge in [-0.25, -0.2) is 0 Å². The van der Waals surface area contributed by atoms with E-state index >= 15 is 0 Å². The fourth-order valence-corrected chi connectivity index (χ4v) is 2.68. The molecule has 1 heterocycles. The van der Waals surface area contributed by atoms with E-state index in [2.05, 4.69) is 80.1 Å². The van der Waals surface area contributed by atoms with Crippen molar-refractivity contribution in [3.05, 3.63) is 65.9 Å². The van der Waals surface area contributed by atoms with Crippen molar-refractivity contribution in [3.8, 4) is 11.3 Å². The third-order valence-electron chi connectivity index (χ3n) is 3.84. The zero-order chi connectivity index (χ0) is 13.4. The van der Waals surface area contributed by atoms with Crippen LogP contribution >= 0.6 is 0 Å². The average Bonchev–Trinajstić information content (AvgIpc) is 2.42. The summed E-state index contributed by atoms with van der Waals surface area (Å²) in [5, 5.41) is 2.61. The van der Waals surface area contributed by atoms with Crippen LogP contribution in [0.4, 0.5) is 0 Å². The smallest absolute Gasteiger partial charge is 0.198 e. The van der Waals surface area contributed by atoms with Crippen LogP contribution < -0.4 is 4.57 Å². The van der Waals surface area contributed by atoms with Crippen LogP contribution in [0.3, 0.4) is 0 Å². The van der Waals surface area contributed by atoms with Crippen molar-refractivity contribution in [2.24, 2.45) is 7.05 Å². The molecule has 0 fully saturated rings. The van der Waals surface area contributed by atoms with Gasteiger partial charge in [0.1, 0.15) is 7.05 Å². The topological polar surface area (TPSA) is 3.88 Å². The van der Waals surface area contributed by atoms with Gasteiger partial charge in [0.05, 0.1) is 5.39 Å². The summed E-state index contributed by atoms with van der Waals surface area (Å²) in [5.74, 6) is 0. The molecule has 0 spiro atoms. The second-order valence-corrected chi connectivity index (χ2v) is 5.10. The summed E-state index contributed by atoms with van der Waals surface area (Å²) < 4.78 is 2.28. The number of pyridine rings is 1. The first-order chi connectivity index (χ1) is 9.18. The highest BCUT2D eigenvalue weighted by Crippen LogP contribution is 2.28. The highest BCUT2D eigenvalue weighted by molar-refractivity contribution is 5.93. The molecular formula is C18H18N+. The normalized spacial score (nSPS) is 10.9. The van der Waals surface area contributed by atoms with Gasteiger partial charge in [0, 0.05) is 18.6 Å². The first-order valence-corrected chi connectivity index (χ1v) is 6.63. The van der Waals surface area contributed by atoms with Crippen molar-refractivity contribution in [3.63, 3.8) is 0 Å². The van der Waals surface area contributed by atoms with Gasteiger partial charge in [0.25, 0.3) is 0 Å². The lowest BCUT2D eigenvalue weighted by Crippen LogP contribution is -2.35. The molecule has 94 valence electrons. The maximum absolute atomic E-state index is 2.28. The molecule has 3 rings (SSSR count). The van der Waals surface area contributed by atoms with Crippen LogP contribution in [0.15, 0.2) is 54.6 Å². The van der Waals surface area contributed by atoms with Crippen LogP contribution in [0.25, 0.3) is 22.0 Å². The summed E-state index contributed by atoms with van der Waals surface area (Å²) in [5.41, 5.74) is 5.20. The van der Waals surface area contributed by atoms with Gasteiger partial charge < -0.3 is 0 Å². The second-order valence-electron chi connectivity index (χ2n) is 5.10. The van der Waals surface area contributed by atoms with E-state index in [1.807, 2.05) is 0 Å². The number of hydrogen-bond acceptors (Lipinski definition) is 0. The van der Waals surface area contributed by atoms with Gasteiger partial charge in [-0.05, 0) is 30.0 Å². The molecule has 0 saturated heterocycles. The van der Waals surface area contributed by atoms with Crippen molar-refractivity contribution >= 4 is 10.8 Å². The Morgan fingerprint density at radius 2 is 1.53 bits per heavy atom. The fraction of sp³-hybridized carbons (Fsp3) is 0.167. The van der Waals surface area contributed by atoms with E-state index in [1.54, 1.807) is 0 Å². The molecule has 0 aliphatic heterocycles. The predicted octanol–water partition coefficient (Wildman–Crippen LogP) is 3.95. The van der Waals surface area contributed by atoms with E-state index in [0.29, 0.717) is 0 Å². The SMILES string of the molecule is Cc1ccccc1-c1c2ccccc2cc(C)[n+]1C. The largest absolute Gasteiger partial charge is 0.220 e. The first kappa shape index (κ1) is 11.9. The number of rotatable bonds is 1. The number of aromatic nitrogens is 1. The monoisotopic (exact) mass is 248 g/mol. The maximum atomic E-state index is 2.28. The standard InChI is InChI=1S/C18H18N/c1-13-8-4-6-10-16(13)18-17-11-7-5-9-15(17)12-14(2)19(18)3/h4-12H,1-3H3/q+1. The summed E-state index contributed by atoms with van der Waals surface area (Å²) in [4.78, 5) is 0. The van der Waals surface area contributed by atoms with Crippen LogP contribution in [-0.4, -0.2) is 0 Å². The molecule has 0 aliphatic carbocycles. The Bertz CT molecular complexity index is 757. The van der Waals surface area contributed by atoms with Gasteiger partial charge in [0.2, 0.25) is 5.69 Å². The lowest BCUT2D eigenvalue weighted by molar-refractivity contribution is -0.665. The van der Waals surface area contributed by atoms with E-state index < -0.39 is 0 Å². The maximum Gasteiger partial charge on any atom is 0.220 e. The minimum Gasteiger partial charge on any atom is -0.198 e. The second kappa shape index (κ2) is 4.51. The number of benzene rings is 2. The van der Waals surface area contributed by atoms with Crippen LogP contribution in [-0.2, 0) is 7.05 Å². The summed E-state index contributed by atoms with van der Waals surface area (Å²) in [6.45, 7) is 4.33. The van der Waals surface area contributed by atoms with Gasteiger partial charge in [-0.1, -0.05) is 36.4 Å². The van der Waals surface area contributed by atoms with Gasteiger partial charge in [-0.15, -0.1) is 0 Å². The average molecular weight is 248 g/mol. The molecule has 0 aliphatic rings. The zero-order valence-electron chi connectivity index (χ0n) is 11.6. The summed E-state index contributed by atoms with van der Waals surface area (Å²) >= 11 is 0. The molecule has 0 unspecified atom stereocenters. The summed E-state index contributed by atoms with van der Waals surface area (Å²) in [7, 11) is 2.14. The summed E-state index contributed by atoms with van der Waals surface area (Å²) in [6.07, 6.45) is 0. The van der Waals surface area contributed by atoms with Crippen LogP contribution in [0.1, 0.15) is 11.3 Å². The Kier molecular flexibility index (Phi) is 2.83. The van der Waals surface area contributed by atoms with Crippen LogP contribution in [0, 0.1) is 13.8 Å². The Hall–Kier alpha value is -2.15. The third-order valence-corrected chi connectivity index (χ3v) is 3.84. The van der Waals surface area contributed by atoms with E-state index in [4.69, 9.17) is 0 Å². The quantitative estimate of drug-likeness (QED) is 0.574. The summed E-state index contributed by atoms with van der Waals surface area (Å²) in [6, 6.07) is 19.4. The van der Waals surface area contributed by atoms with E-state index in [1.165, 1.54) is 33.3 Å².